The molecule has 33 heavy (non-hydrogen) atoms. The van der Waals surface area contributed by atoms with E-state index in [1.54, 1.807) is 13.3 Å². The van der Waals surface area contributed by atoms with E-state index in [9.17, 15) is 4.79 Å². The predicted octanol–water partition coefficient (Wildman–Crippen LogP) is 6.55. The van der Waals surface area contributed by atoms with E-state index in [0.717, 1.165) is 49.6 Å². The smallest absolute Gasteiger partial charge is 0.256 e. The third kappa shape index (κ3) is 3.01. The molecule has 6 heteroatoms. The number of pyridine rings is 1. The highest BCUT2D eigenvalue weighted by atomic mass is 35.5. The van der Waals surface area contributed by atoms with Crippen LogP contribution >= 0.6 is 11.6 Å². The molecule has 6 aromatic rings. The monoisotopic (exact) mass is 451 g/mol. The molecule has 0 saturated heterocycles. The lowest BCUT2D eigenvalue weighted by Crippen LogP contribution is -2.05. The molecule has 160 valence electrons. The highest BCUT2D eigenvalue weighted by Crippen LogP contribution is 2.38. The molecule has 0 saturated carbocycles. The fourth-order valence-electron chi connectivity index (χ4n) is 4.51. The molecule has 6 rings (SSSR count). The summed E-state index contributed by atoms with van der Waals surface area (Å²) < 4.78 is 5.56. The Labute approximate surface area is 193 Å². The molecule has 0 unspecified atom stereocenters. The topological polar surface area (TPSA) is 70.8 Å². The number of methoxy groups -OCH3 is 1. The molecule has 0 radical (unpaired) electrons. The van der Waals surface area contributed by atoms with Crippen LogP contribution in [-0.2, 0) is 0 Å². The van der Waals surface area contributed by atoms with Gasteiger partial charge in [0.1, 0.15) is 11.6 Å². The van der Waals surface area contributed by atoms with Crippen LogP contribution in [0.2, 0.25) is 5.02 Å². The van der Waals surface area contributed by atoms with Crippen molar-refractivity contribution in [1.29, 1.82) is 0 Å². The third-order valence-electron chi connectivity index (χ3n) is 6.02. The Hall–Kier alpha value is -4.09. The average Bonchev–Trinajstić information content (AvgIpc) is 3.30. The van der Waals surface area contributed by atoms with Crippen molar-refractivity contribution in [2.24, 2.45) is 0 Å². The van der Waals surface area contributed by atoms with Gasteiger partial charge in [-0.15, -0.1) is 0 Å². The van der Waals surface area contributed by atoms with Gasteiger partial charge in [0.2, 0.25) is 0 Å². The van der Waals surface area contributed by atoms with E-state index >= 15 is 0 Å². The van der Waals surface area contributed by atoms with E-state index < -0.39 is 0 Å². The quantitative estimate of drug-likeness (QED) is 0.299. The number of ether oxygens (including phenoxy) is 1. The van der Waals surface area contributed by atoms with E-state index in [-0.39, 0.29) is 5.56 Å². The van der Waals surface area contributed by atoms with Gasteiger partial charge in [-0.25, -0.2) is 4.98 Å². The number of nitrogens with zero attached hydrogens (tertiary/aromatic N) is 1. The minimum absolute atomic E-state index is 0.148. The molecule has 0 bridgehead atoms. The maximum Gasteiger partial charge on any atom is 0.256 e. The number of aromatic amines is 2. The van der Waals surface area contributed by atoms with Crippen LogP contribution < -0.4 is 10.3 Å². The van der Waals surface area contributed by atoms with E-state index in [4.69, 9.17) is 21.3 Å². The molecule has 5 nitrogen and oxygen atoms in total. The van der Waals surface area contributed by atoms with Gasteiger partial charge in [-0.1, -0.05) is 54.1 Å². The van der Waals surface area contributed by atoms with Crippen LogP contribution in [0.15, 0.2) is 83.8 Å². The molecule has 2 heterocycles. The summed E-state index contributed by atoms with van der Waals surface area (Å²) in [5.41, 5.74) is 4.19. The third-order valence-corrected chi connectivity index (χ3v) is 6.35. The fraction of sp³-hybridized carbons (Fsp3) is 0.0370. The first-order chi connectivity index (χ1) is 16.2. The Bertz CT molecular complexity index is 1750. The minimum Gasteiger partial charge on any atom is -0.496 e. The standard InChI is InChI=1S/C27H18ClN3O2/c1-33-22-9-5-3-6-16(22)15-10-11-17-20(14-15)23-19(12-13-29-27(23)32)25-24(17)30-26(31-25)18-7-2-4-8-21(18)28/h2-14H,1H3,(H,29,32)(H,30,31). The Morgan fingerprint density at radius 1 is 0.879 bits per heavy atom. The second kappa shape index (κ2) is 7.50. The van der Waals surface area contributed by atoms with Gasteiger partial charge >= 0.3 is 0 Å². The number of aromatic nitrogens is 3. The first-order valence-corrected chi connectivity index (χ1v) is 10.9. The van der Waals surface area contributed by atoms with Crippen molar-refractivity contribution < 1.29 is 4.74 Å². The molecule has 2 aromatic heterocycles. The number of hydrogen-bond donors (Lipinski definition) is 2. The van der Waals surface area contributed by atoms with Gasteiger partial charge < -0.3 is 14.7 Å². The normalized spacial score (nSPS) is 11.5. The van der Waals surface area contributed by atoms with Gasteiger partial charge in [0.05, 0.1) is 28.6 Å². The lowest BCUT2D eigenvalue weighted by atomic mass is 9.96. The Kier molecular flexibility index (Phi) is 4.45. The van der Waals surface area contributed by atoms with Crippen molar-refractivity contribution in [1.82, 2.24) is 15.0 Å². The van der Waals surface area contributed by atoms with Gasteiger partial charge in [-0.05, 0) is 41.3 Å². The van der Waals surface area contributed by atoms with Crippen molar-refractivity contribution >= 4 is 44.2 Å². The molecule has 2 N–H and O–H groups in total. The summed E-state index contributed by atoms with van der Waals surface area (Å²) in [4.78, 5) is 24.1. The molecule has 0 spiro atoms. The Balaban J connectivity index is 1.73. The zero-order valence-corrected chi connectivity index (χ0v) is 18.4. The maximum atomic E-state index is 13.0. The summed E-state index contributed by atoms with van der Waals surface area (Å²) >= 11 is 6.44. The highest BCUT2D eigenvalue weighted by molar-refractivity contribution is 6.33. The first-order valence-electron chi connectivity index (χ1n) is 10.5. The molecule has 0 aliphatic carbocycles. The molecule has 0 fully saturated rings. The van der Waals surface area contributed by atoms with Crippen LogP contribution in [0.1, 0.15) is 0 Å². The van der Waals surface area contributed by atoms with Crippen LogP contribution in [0, 0.1) is 0 Å². The predicted molar refractivity (Wildman–Crippen MR) is 134 cm³/mol. The van der Waals surface area contributed by atoms with E-state index in [1.807, 2.05) is 72.8 Å². The van der Waals surface area contributed by atoms with Gasteiger partial charge in [-0.3, -0.25) is 4.79 Å². The first kappa shape index (κ1) is 19.6. The minimum atomic E-state index is -0.148. The number of para-hydroxylation sites is 1. The van der Waals surface area contributed by atoms with Crippen molar-refractivity contribution in [3.63, 3.8) is 0 Å². The SMILES string of the molecule is COc1ccccc1-c1ccc2c(c1)c1c(=O)[nH]ccc1c1[nH]c(-c3ccccc3Cl)nc21. The van der Waals surface area contributed by atoms with E-state index in [2.05, 4.69) is 9.97 Å². The zero-order valence-electron chi connectivity index (χ0n) is 17.6. The molecule has 0 aliphatic rings. The summed E-state index contributed by atoms with van der Waals surface area (Å²) in [6, 6.07) is 23.4. The average molecular weight is 452 g/mol. The molecular weight excluding hydrogens is 434 g/mol. The second-order valence-corrected chi connectivity index (χ2v) is 8.25. The lowest BCUT2D eigenvalue weighted by molar-refractivity contribution is 0.416. The van der Waals surface area contributed by atoms with Crippen LogP contribution in [0.5, 0.6) is 5.75 Å². The van der Waals surface area contributed by atoms with Crippen molar-refractivity contribution in [2.45, 2.75) is 0 Å². The number of halogens is 1. The van der Waals surface area contributed by atoms with Crippen LogP contribution in [0.4, 0.5) is 0 Å². The van der Waals surface area contributed by atoms with Gasteiger partial charge in [0.15, 0.2) is 0 Å². The summed E-state index contributed by atoms with van der Waals surface area (Å²) in [5.74, 6) is 1.44. The van der Waals surface area contributed by atoms with Gasteiger partial charge in [-0.2, -0.15) is 0 Å². The Morgan fingerprint density at radius 2 is 1.67 bits per heavy atom. The maximum absolute atomic E-state index is 13.0. The molecule has 0 amide bonds. The molecular formula is C27H18ClN3O2. The summed E-state index contributed by atoms with van der Waals surface area (Å²) in [6.07, 6.45) is 1.66. The number of H-pyrrole nitrogens is 2. The number of fused-ring (bicyclic) bond motifs is 6. The number of benzene rings is 4. The number of rotatable bonds is 3. The lowest BCUT2D eigenvalue weighted by Gasteiger charge is -2.11. The van der Waals surface area contributed by atoms with Crippen LogP contribution in [-0.4, -0.2) is 22.1 Å². The molecule has 0 atom stereocenters. The molecule has 4 aromatic carbocycles. The second-order valence-electron chi connectivity index (χ2n) is 7.84. The number of hydrogen-bond acceptors (Lipinski definition) is 3. The Morgan fingerprint density at radius 3 is 2.48 bits per heavy atom. The molecule has 0 aliphatic heterocycles. The van der Waals surface area contributed by atoms with Crippen molar-refractivity contribution in [3.05, 3.63) is 94.4 Å². The van der Waals surface area contributed by atoms with Gasteiger partial charge in [0, 0.05) is 28.1 Å². The highest BCUT2D eigenvalue weighted by Gasteiger charge is 2.18. The van der Waals surface area contributed by atoms with Crippen LogP contribution in [0.25, 0.3) is 55.1 Å². The summed E-state index contributed by atoms with van der Waals surface area (Å²) in [5, 5.41) is 3.76. The summed E-state index contributed by atoms with van der Waals surface area (Å²) in [6.45, 7) is 0. The van der Waals surface area contributed by atoms with Crippen LogP contribution in [0.3, 0.4) is 0 Å². The van der Waals surface area contributed by atoms with Crippen molar-refractivity contribution in [2.75, 3.05) is 7.11 Å². The van der Waals surface area contributed by atoms with Crippen molar-refractivity contribution in [3.8, 4) is 28.3 Å². The largest absolute Gasteiger partial charge is 0.496 e. The van der Waals surface area contributed by atoms with E-state index in [1.165, 1.54) is 0 Å². The fourth-order valence-corrected chi connectivity index (χ4v) is 4.73. The number of nitrogens with one attached hydrogen (secondary N) is 2. The summed E-state index contributed by atoms with van der Waals surface area (Å²) in [7, 11) is 1.66. The zero-order chi connectivity index (χ0) is 22.5. The van der Waals surface area contributed by atoms with E-state index in [0.29, 0.717) is 16.2 Å². The number of imidazole rings is 1. The van der Waals surface area contributed by atoms with Gasteiger partial charge in [0.25, 0.3) is 5.56 Å².